The quantitative estimate of drug-likeness (QED) is 0.399. The van der Waals surface area contributed by atoms with Gasteiger partial charge in [0, 0.05) is 18.9 Å². The highest BCUT2D eigenvalue weighted by atomic mass is 32.2. The molecule has 0 aliphatic heterocycles. The van der Waals surface area contributed by atoms with E-state index in [1.807, 2.05) is 18.2 Å². The zero-order valence-corrected chi connectivity index (χ0v) is 18.8. The van der Waals surface area contributed by atoms with Gasteiger partial charge in [0.25, 0.3) is 0 Å². The molecule has 8 nitrogen and oxygen atoms in total. The number of aromatic nitrogens is 5. The minimum Gasteiger partial charge on any atom is -0.354 e. The van der Waals surface area contributed by atoms with Crippen molar-refractivity contribution in [1.29, 1.82) is 10.5 Å². The Kier molecular flexibility index (Phi) is 7.44. The van der Waals surface area contributed by atoms with Gasteiger partial charge in [-0.2, -0.15) is 25.5 Å². The number of hydrogen-bond acceptors (Lipinski definition) is 10. The average Bonchev–Trinajstić information content (AvgIpc) is 2.85. The maximum atomic E-state index is 8.96. The van der Waals surface area contributed by atoms with Crippen molar-refractivity contribution < 1.29 is 0 Å². The van der Waals surface area contributed by atoms with Gasteiger partial charge in [0.15, 0.2) is 10.3 Å². The van der Waals surface area contributed by atoms with Crippen LogP contribution in [-0.2, 0) is 6.42 Å². The summed E-state index contributed by atoms with van der Waals surface area (Å²) in [5.41, 5.74) is 2.19. The number of benzene rings is 1. The van der Waals surface area contributed by atoms with Gasteiger partial charge in [-0.15, -0.1) is 0 Å². The van der Waals surface area contributed by atoms with Crippen LogP contribution in [0.4, 0.5) is 5.95 Å². The molecule has 160 valence electrons. The van der Waals surface area contributed by atoms with Crippen LogP contribution in [0.25, 0.3) is 0 Å². The first kappa shape index (κ1) is 22.2. The number of nitrogens with zero attached hydrogens (tertiary/aromatic N) is 7. The van der Waals surface area contributed by atoms with Crippen LogP contribution in [0.3, 0.4) is 0 Å². The predicted molar refractivity (Wildman–Crippen MR) is 125 cm³/mol. The molecule has 1 N–H and O–H groups in total. The van der Waals surface area contributed by atoms with Crippen LogP contribution in [0.5, 0.6) is 0 Å². The summed E-state index contributed by atoms with van der Waals surface area (Å²) in [7, 11) is 0. The van der Waals surface area contributed by atoms with E-state index >= 15 is 0 Å². The second-order valence-corrected chi connectivity index (χ2v) is 8.56. The summed E-state index contributed by atoms with van der Waals surface area (Å²) in [6.45, 7) is 0.659. The van der Waals surface area contributed by atoms with Crippen molar-refractivity contribution in [2.45, 2.75) is 26.8 Å². The molecule has 4 rings (SSSR count). The molecular weight excluding hydrogens is 452 g/mol. The van der Waals surface area contributed by atoms with E-state index in [2.05, 4.69) is 54.5 Å². The van der Waals surface area contributed by atoms with E-state index in [1.165, 1.54) is 41.5 Å². The van der Waals surface area contributed by atoms with Gasteiger partial charge in [-0.1, -0.05) is 30.3 Å². The summed E-state index contributed by atoms with van der Waals surface area (Å²) in [6, 6.07) is 21.2. The molecule has 10 heteroatoms. The van der Waals surface area contributed by atoms with Gasteiger partial charge >= 0.3 is 0 Å². The Hall–Kier alpha value is -3.99. The normalized spacial score (nSPS) is 10.2. The fourth-order valence-electron chi connectivity index (χ4n) is 2.67. The zero-order chi connectivity index (χ0) is 22.9. The highest BCUT2D eigenvalue weighted by molar-refractivity contribution is 7.99. The van der Waals surface area contributed by atoms with Crippen molar-refractivity contribution in [1.82, 2.24) is 24.9 Å². The SMILES string of the molecule is N#Cc1ccc(Sc2nc(NCCc3ccccc3)nc(Sc3ccc(C#N)cn3)n2)nc1. The predicted octanol–water partition coefficient (Wildman–Crippen LogP) is 4.36. The Balaban J connectivity index is 1.54. The lowest BCUT2D eigenvalue weighted by Gasteiger charge is -2.08. The smallest absolute Gasteiger partial charge is 0.227 e. The molecule has 0 bridgehead atoms. The van der Waals surface area contributed by atoms with Crippen LogP contribution in [0.1, 0.15) is 16.7 Å². The number of nitrogens with one attached hydrogen (secondary N) is 1. The second-order valence-electron chi connectivity index (χ2n) is 6.58. The molecule has 3 heterocycles. The summed E-state index contributed by atoms with van der Waals surface area (Å²) in [4.78, 5) is 22.1. The third-order valence-electron chi connectivity index (χ3n) is 4.26. The highest BCUT2D eigenvalue weighted by Gasteiger charge is 2.11. The van der Waals surface area contributed by atoms with Crippen molar-refractivity contribution in [3.63, 3.8) is 0 Å². The molecule has 4 aromatic rings. The first-order valence-electron chi connectivity index (χ1n) is 9.84. The minimum absolute atomic E-state index is 0.452. The largest absolute Gasteiger partial charge is 0.354 e. The molecule has 0 spiro atoms. The Labute approximate surface area is 199 Å². The topological polar surface area (TPSA) is 124 Å². The van der Waals surface area contributed by atoms with Crippen molar-refractivity contribution >= 4 is 29.5 Å². The summed E-state index contributed by atoms with van der Waals surface area (Å²) >= 11 is 2.56. The van der Waals surface area contributed by atoms with E-state index in [1.54, 1.807) is 24.3 Å². The number of pyridine rings is 2. The molecule has 0 unspecified atom stereocenters. The fraction of sp³-hybridized carbons (Fsp3) is 0.0870. The lowest BCUT2D eigenvalue weighted by molar-refractivity contribution is 0.795. The zero-order valence-electron chi connectivity index (χ0n) is 17.2. The number of anilines is 1. The lowest BCUT2D eigenvalue weighted by Crippen LogP contribution is -2.10. The van der Waals surface area contributed by atoms with Crippen molar-refractivity contribution in [3.05, 3.63) is 83.7 Å². The van der Waals surface area contributed by atoms with Gasteiger partial charge in [0.2, 0.25) is 5.95 Å². The standard InChI is InChI=1S/C23H16N8S2/c24-12-17-6-8-19(27-14-17)32-22-29-21(26-11-10-16-4-2-1-3-5-16)30-23(31-22)33-20-9-7-18(13-25)15-28-20/h1-9,14-15H,10-11H2,(H,26,29,30,31). The monoisotopic (exact) mass is 468 g/mol. The molecule has 0 aliphatic carbocycles. The first-order valence-corrected chi connectivity index (χ1v) is 11.5. The van der Waals surface area contributed by atoms with E-state index in [4.69, 9.17) is 10.5 Å². The summed E-state index contributed by atoms with van der Waals surface area (Å²) in [6.07, 6.45) is 3.85. The third kappa shape index (κ3) is 6.50. The molecule has 0 radical (unpaired) electrons. The van der Waals surface area contributed by atoms with Crippen molar-refractivity contribution in [3.8, 4) is 12.1 Å². The Morgan fingerprint density at radius 2 is 1.30 bits per heavy atom. The van der Waals surface area contributed by atoms with E-state index in [0.717, 1.165) is 6.42 Å². The maximum Gasteiger partial charge on any atom is 0.227 e. The lowest BCUT2D eigenvalue weighted by atomic mass is 10.1. The van der Waals surface area contributed by atoms with Gasteiger partial charge < -0.3 is 5.32 Å². The van der Waals surface area contributed by atoms with Crippen LogP contribution >= 0.6 is 23.5 Å². The van der Waals surface area contributed by atoms with Crippen LogP contribution in [-0.4, -0.2) is 31.5 Å². The van der Waals surface area contributed by atoms with E-state index < -0.39 is 0 Å². The van der Waals surface area contributed by atoms with Crippen LogP contribution in [0, 0.1) is 22.7 Å². The van der Waals surface area contributed by atoms with Crippen molar-refractivity contribution in [2.75, 3.05) is 11.9 Å². The van der Waals surface area contributed by atoms with Crippen LogP contribution in [0.2, 0.25) is 0 Å². The molecule has 1 aromatic carbocycles. The van der Waals surface area contributed by atoms with E-state index in [0.29, 0.717) is 44.0 Å². The molecule has 33 heavy (non-hydrogen) atoms. The average molecular weight is 469 g/mol. The molecule has 0 saturated carbocycles. The van der Waals surface area contributed by atoms with Gasteiger partial charge in [-0.05, 0) is 59.8 Å². The Morgan fingerprint density at radius 3 is 1.79 bits per heavy atom. The molecule has 0 atom stereocenters. The van der Waals surface area contributed by atoms with Gasteiger partial charge in [-0.3, -0.25) is 0 Å². The van der Waals surface area contributed by atoms with Crippen LogP contribution in [0.15, 0.2) is 87.4 Å². The second kappa shape index (κ2) is 11.0. The molecule has 0 fully saturated rings. The van der Waals surface area contributed by atoms with Gasteiger partial charge in [0.05, 0.1) is 11.1 Å². The summed E-state index contributed by atoms with van der Waals surface area (Å²) in [5, 5.41) is 23.5. The summed E-state index contributed by atoms with van der Waals surface area (Å²) < 4.78 is 0. The third-order valence-corrected chi connectivity index (χ3v) is 5.89. The van der Waals surface area contributed by atoms with Gasteiger partial charge in [-0.25, -0.2) is 9.97 Å². The number of rotatable bonds is 8. The Morgan fingerprint density at radius 1 is 0.727 bits per heavy atom. The minimum atomic E-state index is 0.452. The van der Waals surface area contributed by atoms with E-state index in [9.17, 15) is 0 Å². The maximum absolute atomic E-state index is 8.96. The molecular formula is C23H16N8S2. The molecule has 3 aromatic heterocycles. The molecule has 0 aliphatic rings. The fourth-order valence-corrected chi connectivity index (χ4v) is 4.12. The molecule has 0 saturated heterocycles. The number of nitriles is 2. The molecule has 0 amide bonds. The van der Waals surface area contributed by atoms with Crippen LogP contribution < -0.4 is 5.32 Å². The Bertz CT molecular complexity index is 1220. The first-order chi connectivity index (χ1) is 16.2. The highest BCUT2D eigenvalue weighted by Crippen LogP contribution is 2.28. The summed E-state index contributed by atoms with van der Waals surface area (Å²) in [5.74, 6) is 0.452. The van der Waals surface area contributed by atoms with Gasteiger partial charge in [0.1, 0.15) is 22.2 Å². The van der Waals surface area contributed by atoms with Crippen molar-refractivity contribution in [2.24, 2.45) is 0 Å². The number of hydrogen-bond donors (Lipinski definition) is 1. The van der Waals surface area contributed by atoms with E-state index in [-0.39, 0.29) is 0 Å².